The van der Waals surface area contributed by atoms with Gasteiger partial charge in [0.2, 0.25) is 0 Å². The Morgan fingerprint density at radius 3 is 2.22 bits per heavy atom. The normalized spacial score (nSPS) is 23.0. The fourth-order valence-corrected chi connectivity index (χ4v) is 3.23. The van der Waals surface area contributed by atoms with Gasteiger partial charge in [-0.2, -0.15) is 0 Å². The number of likely N-dealkylation sites (tertiary alicyclic amines) is 1. The van der Waals surface area contributed by atoms with Gasteiger partial charge in [0.15, 0.2) is 0 Å². The zero-order valence-corrected chi connectivity index (χ0v) is 11.6. The van der Waals surface area contributed by atoms with Crippen LogP contribution in [0.4, 0.5) is 0 Å². The second kappa shape index (κ2) is 5.33. The molecule has 0 aliphatic carbocycles. The summed E-state index contributed by atoms with van der Waals surface area (Å²) in [6, 6.07) is 4.54. The van der Waals surface area contributed by atoms with Gasteiger partial charge in [-0.3, -0.25) is 4.90 Å². The Labute approximate surface area is 117 Å². The van der Waals surface area contributed by atoms with Gasteiger partial charge in [-0.05, 0) is 49.5 Å². The summed E-state index contributed by atoms with van der Waals surface area (Å²) in [6.07, 6.45) is 2.32. The average molecular weight is 287 g/mol. The molecular weight excluding hydrogens is 271 g/mol. The van der Waals surface area contributed by atoms with Gasteiger partial charge >= 0.3 is 0 Å². The quantitative estimate of drug-likeness (QED) is 0.782. The number of pyridine rings is 1. The Balaban J connectivity index is 1.64. The molecule has 0 saturated carbocycles. The predicted molar refractivity (Wildman–Crippen MR) is 72.4 cm³/mol. The fourth-order valence-electron chi connectivity index (χ4n) is 2.75. The fraction of sp³-hybridized carbons (Fsp3) is 0.615. The van der Waals surface area contributed by atoms with Gasteiger partial charge in [0.1, 0.15) is 10.3 Å². The zero-order valence-electron chi connectivity index (χ0n) is 10.1. The summed E-state index contributed by atoms with van der Waals surface area (Å²) in [5, 5.41) is 0.986. The highest BCUT2D eigenvalue weighted by Crippen LogP contribution is 2.31. The number of ether oxygens (including phenoxy) is 1. The van der Waals surface area contributed by atoms with Crippen molar-refractivity contribution in [2.75, 3.05) is 26.3 Å². The zero-order chi connectivity index (χ0) is 12.5. The lowest BCUT2D eigenvalue weighted by atomic mass is 9.89. The van der Waals surface area contributed by atoms with Crippen LogP contribution in [-0.2, 0) is 4.74 Å². The molecule has 1 aromatic rings. The Morgan fingerprint density at radius 2 is 1.72 bits per heavy atom. The van der Waals surface area contributed by atoms with Crippen molar-refractivity contribution < 1.29 is 4.74 Å². The molecule has 5 heteroatoms. The van der Waals surface area contributed by atoms with E-state index in [1.807, 2.05) is 12.1 Å². The molecule has 1 aromatic heterocycles. The molecule has 0 N–H and O–H groups in total. The van der Waals surface area contributed by atoms with Gasteiger partial charge in [0.25, 0.3) is 0 Å². The Kier molecular flexibility index (Phi) is 3.76. The summed E-state index contributed by atoms with van der Waals surface area (Å²) in [6.45, 7) is 4.07. The molecule has 0 atom stereocenters. The highest BCUT2D eigenvalue weighted by atomic mass is 35.5. The molecule has 2 saturated heterocycles. The Bertz CT molecular complexity index is 409. The Hall–Kier alpha value is -0.350. The molecule has 0 bridgehead atoms. The van der Waals surface area contributed by atoms with Crippen LogP contribution in [0.25, 0.3) is 0 Å². The minimum absolute atomic E-state index is 0.493. The van der Waals surface area contributed by atoms with E-state index < -0.39 is 0 Å². The Morgan fingerprint density at radius 1 is 1.11 bits per heavy atom. The van der Waals surface area contributed by atoms with Crippen molar-refractivity contribution in [3.63, 3.8) is 0 Å². The SMILES string of the molecule is Clc1cc(C2CCN(C3COC3)CC2)cc(Cl)n1. The second-order valence-electron chi connectivity index (χ2n) is 5.05. The third kappa shape index (κ3) is 2.64. The summed E-state index contributed by atoms with van der Waals surface area (Å²) in [5.41, 5.74) is 1.23. The van der Waals surface area contributed by atoms with Crippen molar-refractivity contribution in [2.24, 2.45) is 0 Å². The van der Waals surface area contributed by atoms with E-state index in [2.05, 4.69) is 9.88 Å². The summed E-state index contributed by atoms with van der Waals surface area (Å²) in [4.78, 5) is 6.53. The van der Waals surface area contributed by atoms with Crippen LogP contribution in [0.15, 0.2) is 12.1 Å². The van der Waals surface area contributed by atoms with Crippen molar-refractivity contribution in [3.05, 3.63) is 28.0 Å². The molecular formula is C13H16Cl2N2O. The van der Waals surface area contributed by atoms with Crippen LogP contribution in [0, 0.1) is 0 Å². The topological polar surface area (TPSA) is 25.4 Å². The number of piperidine rings is 1. The molecule has 3 heterocycles. The molecule has 3 nitrogen and oxygen atoms in total. The number of halogens is 2. The second-order valence-corrected chi connectivity index (χ2v) is 5.82. The standard InChI is InChI=1S/C13H16Cl2N2O/c14-12-5-10(6-13(15)16-12)9-1-3-17(4-2-9)11-7-18-8-11/h5-6,9,11H,1-4,7-8H2. The number of hydrogen-bond acceptors (Lipinski definition) is 3. The van der Waals surface area contributed by atoms with Crippen molar-refractivity contribution in [2.45, 2.75) is 24.8 Å². The first-order valence-electron chi connectivity index (χ1n) is 6.37. The van der Waals surface area contributed by atoms with E-state index in [1.54, 1.807) is 0 Å². The first-order valence-corrected chi connectivity index (χ1v) is 7.13. The third-order valence-electron chi connectivity index (χ3n) is 3.92. The molecule has 2 aliphatic rings. The van der Waals surface area contributed by atoms with E-state index in [1.165, 1.54) is 5.56 Å². The lowest BCUT2D eigenvalue weighted by Gasteiger charge is -2.41. The summed E-state index contributed by atoms with van der Waals surface area (Å²) < 4.78 is 5.25. The molecule has 2 fully saturated rings. The number of rotatable bonds is 2. The van der Waals surface area contributed by atoms with Crippen LogP contribution < -0.4 is 0 Å². The largest absolute Gasteiger partial charge is 0.378 e. The first kappa shape index (κ1) is 12.7. The van der Waals surface area contributed by atoms with Gasteiger partial charge in [0.05, 0.1) is 19.3 Å². The maximum Gasteiger partial charge on any atom is 0.131 e. The molecule has 0 amide bonds. The van der Waals surface area contributed by atoms with Gasteiger partial charge in [0, 0.05) is 0 Å². The van der Waals surface area contributed by atoms with Crippen molar-refractivity contribution >= 4 is 23.2 Å². The maximum atomic E-state index is 5.96. The van der Waals surface area contributed by atoms with Crippen LogP contribution in [0.5, 0.6) is 0 Å². The smallest absolute Gasteiger partial charge is 0.131 e. The van der Waals surface area contributed by atoms with E-state index in [0.29, 0.717) is 22.3 Å². The van der Waals surface area contributed by atoms with Crippen LogP contribution in [0.3, 0.4) is 0 Å². The predicted octanol–water partition coefficient (Wildman–Crippen LogP) is 2.97. The summed E-state index contributed by atoms with van der Waals surface area (Å²) in [7, 11) is 0. The molecule has 0 radical (unpaired) electrons. The minimum Gasteiger partial charge on any atom is -0.378 e. The molecule has 2 aliphatic heterocycles. The number of hydrogen-bond donors (Lipinski definition) is 0. The molecule has 0 unspecified atom stereocenters. The number of aromatic nitrogens is 1. The van der Waals surface area contributed by atoms with E-state index in [-0.39, 0.29) is 0 Å². The monoisotopic (exact) mass is 286 g/mol. The first-order chi connectivity index (χ1) is 8.72. The van der Waals surface area contributed by atoms with Crippen LogP contribution in [0.2, 0.25) is 10.3 Å². The van der Waals surface area contributed by atoms with E-state index >= 15 is 0 Å². The van der Waals surface area contributed by atoms with Gasteiger partial charge in [-0.15, -0.1) is 0 Å². The average Bonchev–Trinajstić information content (AvgIpc) is 2.26. The van der Waals surface area contributed by atoms with Crippen molar-refractivity contribution in [1.82, 2.24) is 9.88 Å². The van der Waals surface area contributed by atoms with Crippen LogP contribution in [0.1, 0.15) is 24.3 Å². The highest BCUT2D eigenvalue weighted by Gasteiger charge is 2.30. The van der Waals surface area contributed by atoms with Gasteiger partial charge < -0.3 is 4.74 Å². The molecule has 98 valence electrons. The van der Waals surface area contributed by atoms with Gasteiger partial charge in [-0.25, -0.2) is 4.98 Å². The minimum atomic E-state index is 0.493. The van der Waals surface area contributed by atoms with Crippen molar-refractivity contribution in [1.29, 1.82) is 0 Å². The molecule has 0 spiro atoms. The van der Waals surface area contributed by atoms with Crippen LogP contribution in [-0.4, -0.2) is 42.2 Å². The van der Waals surface area contributed by atoms with E-state index in [9.17, 15) is 0 Å². The number of nitrogens with zero attached hydrogens (tertiary/aromatic N) is 2. The highest BCUT2D eigenvalue weighted by molar-refractivity contribution is 6.32. The third-order valence-corrected chi connectivity index (χ3v) is 4.31. The lowest BCUT2D eigenvalue weighted by Crippen LogP contribution is -2.51. The lowest BCUT2D eigenvalue weighted by molar-refractivity contribution is -0.0712. The maximum absolute atomic E-state index is 5.96. The summed E-state index contributed by atoms with van der Waals surface area (Å²) in [5.74, 6) is 0.556. The van der Waals surface area contributed by atoms with Gasteiger partial charge in [-0.1, -0.05) is 23.2 Å². The molecule has 0 aromatic carbocycles. The molecule has 18 heavy (non-hydrogen) atoms. The van der Waals surface area contributed by atoms with E-state index in [4.69, 9.17) is 27.9 Å². The summed E-state index contributed by atoms with van der Waals surface area (Å²) >= 11 is 11.9. The van der Waals surface area contributed by atoms with Crippen molar-refractivity contribution in [3.8, 4) is 0 Å². The molecule has 3 rings (SSSR count). The van der Waals surface area contributed by atoms with Crippen LogP contribution >= 0.6 is 23.2 Å². The van der Waals surface area contributed by atoms with E-state index in [0.717, 1.165) is 39.1 Å².